The van der Waals surface area contributed by atoms with Crippen molar-refractivity contribution in [1.29, 1.82) is 5.26 Å². The summed E-state index contributed by atoms with van der Waals surface area (Å²) < 4.78 is 12.8. The lowest BCUT2D eigenvalue weighted by Gasteiger charge is -2.33. The highest BCUT2D eigenvalue weighted by molar-refractivity contribution is 5.68. The van der Waals surface area contributed by atoms with Crippen molar-refractivity contribution in [2.75, 3.05) is 20.2 Å². The standard InChI is InChI=1S/C22H28N4O3/c1-22(2,3)29-21(27)25-11-8-19(9-12-25)26-15-18(14-24-26)16-5-6-20(28-4)17(13-16)7-10-23/h5-6,13-15,19H,7-9,11-12H2,1-4H3. The molecule has 1 aromatic carbocycles. The van der Waals surface area contributed by atoms with Crippen molar-refractivity contribution >= 4 is 6.09 Å². The van der Waals surface area contributed by atoms with Gasteiger partial charge >= 0.3 is 6.09 Å². The molecule has 29 heavy (non-hydrogen) atoms. The number of hydrogen-bond donors (Lipinski definition) is 0. The number of nitriles is 1. The van der Waals surface area contributed by atoms with Crippen LogP contribution in [0.5, 0.6) is 5.75 Å². The van der Waals surface area contributed by atoms with Crippen LogP contribution in [0.2, 0.25) is 0 Å². The van der Waals surface area contributed by atoms with Gasteiger partial charge in [0.25, 0.3) is 0 Å². The Morgan fingerprint density at radius 1 is 1.28 bits per heavy atom. The number of carbonyl (C=O) groups is 1. The maximum Gasteiger partial charge on any atom is 0.410 e. The second kappa shape index (κ2) is 8.56. The molecular formula is C22H28N4O3. The minimum absolute atomic E-state index is 0.249. The fraction of sp³-hybridized carbons (Fsp3) is 0.500. The van der Waals surface area contributed by atoms with E-state index in [0.717, 1.165) is 35.3 Å². The van der Waals surface area contributed by atoms with Gasteiger partial charge in [0.05, 0.1) is 31.8 Å². The summed E-state index contributed by atoms with van der Waals surface area (Å²) in [4.78, 5) is 14.0. The Hall–Kier alpha value is -3.01. The number of amides is 1. The normalized spacial score (nSPS) is 15.1. The average Bonchev–Trinajstić information content (AvgIpc) is 3.17. The number of likely N-dealkylation sites (tertiary alicyclic amines) is 1. The van der Waals surface area contributed by atoms with Crippen LogP contribution in [0.3, 0.4) is 0 Å². The van der Waals surface area contributed by atoms with Gasteiger partial charge in [-0.05, 0) is 51.3 Å². The first-order valence-electron chi connectivity index (χ1n) is 9.87. The number of aromatic nitrogens is 2. The molecule has 2 aromatic rings. The summed E-state index contributed by atoms with van der Waals surface area (Å²) in [5, 5.41) is 13.6. The number of methoxy groups -OCH3 is 1. The molecule has 0 radical (unpaired) electrons. The lowest BCUT2D eigenvalue weighted by atomic mass is 10.0. The van der Waals surface area contributed by atoms with Gasteiger partial charge in [-0.3, -0.25) is 4.68 Å². The smallest absolute Gasteiger partial charge is 0.410 e. The van der Waals surface area contributed by atoms with Crippen LogP contribution < -0.4 is 4.74 Å². The molecule has 1 saturated heterocycles. The Balaban J connectivity index is 1.66. The molecule has 0 saturated carbocycles. The Labute approximate surface area is 171 Å². The second-order valence-electron chi connectivity index (χ2n) is 8.27. The molecule has 2 heterocycles. The second-order valence-corrected chi connectivity index (χ2v) is 8.27. The first kappa shape index (κ1) is 20.7. The van der Waals surface area contributed by atoms with Crippen LogP contribution in [0.1, 0.15) is 45.2 Å². The molecule has 0 N–H and O–H groups in total. The fourth-order valence-corrected chi connectivity index (χ4v) is 3.51. The molecule has 0 bridgehead atoms. The van der Waals surface area contributed by atoms with Crippen LogP contribution >= 0.6 is 0 Å². The highest BCUT2D eigenvalue weighted by atomic mass is 16.6. The van der Waals surface area contributed by atoms with Gasteiger partial charge in [-0.2, -0.15) is 10.4 Å². The van der Waals surface area contributed by atoms with Crippen molar-refractivity contribution in [1.82, 2.24) is 14.7 Å². The first-order chi connectivity index (χ1) is 13.8. The monoisotopic (exact) mass is 396 g/mol. The number of rotatable bonds is 4. The summed E-state index contributed by atoms with van der Waals surface area (Å²) in [6.07, 6.45) is 5.60. The number of piperidine rings is 1. The predicted octanol–water partition coefficient (Wildman–Crippen LogP) is 4.20. The molecule has 1 aliphatic heterocycles. The van der Waals surface area contributed by atoms with Crippen LogP contribution in [0.4, 0.5) is 4.79 Å². The SMILES string of the molecule is COc1ccc(-c2cnn(C3CCN(C(=O)OC(C)(C)C)CC3)c2)cc1CC#N. The minimum atomic E-state index is -0.479. The van der Waals surface area contributed by atoms with Crippen LogP contribution in [-0.2, 0) is 11.2 Å². The molecule has 7 heteroatoms. The Kier molecular flexibility index (Phi) is 6.12. The van der Waals surface area contributed by atoms with E-state index in [1.54, 1.807) is 12.0 Å². The van der Waals surface area contributed by atoms with Crippen LogP contribution in [0, 0.1) is 11.3 Å². The topological polar surface area (TPSA) is 80.4 Å². The van der Waals surface area contributed by atoms with Crippen LogP contribution in [0.25, 0.3) is 11.1 Å². The van der Waals surface area contributed by atoms with E-state index in [9.17, 15) is 4.79 Å². The van der Waals surface area contributed by atoms with Crippen molar-refractivity contribution < 1.29 is 14.3 Å². The van der Waals surface area contributed by atoms with E-state index < -0.39 is 5.60 Å². The van der Waals surface area contributed by atoms with Crippen molar-refractivity contribution in [2.24, 2.45) is 0 Å². The Bertz CT molecular complexity index is 900. The minimum Gasteiger partial charge on any atom is -0.496 e. The lowest BCUT2D eigenvalue weighted by Crippen LogP contribution is -2.42. The van der Waals surface area contributed by atoms with E-state index in [2.05, 4.69) is 11.2 Å². The highest BCUT2D eigenvalue weighted by Gasteiger charge is 2.27. The van der Waals surface area contributed by atoms with E-state index in [0.29, 0.717) is 19.5 Å². The van der Waals surface area contributed by atoms with E-state index in [1.165, 1.54) is 0 Å². The molecule has 3 rings (SSSR count). The largest absolute Gasteiger partial charge is 0.496 e. The Morgan fingerprint density at radius 3 is 2.62 bits per heavy atom. The molecular weight excluding hydrogens is 368 g/mol. The van der Waals surface area contributed by atoms with Gasteiger partial charge in [-0.15, -0.1) is 0 Å². The van der Waals surface area contributed by atoms with Gasteiger partial charge < -0.3 is 14.4 Å². The van der Waals surface area contributed by atoms with Gasteiger partial charge in [-0.25, -0.2) is 4.79 Å². The summed E-state index contributed by atoms with van der Waals surface area (Å²) >= 11 is 0. The summed E-state index contributed by atoms with van der Waals surface area (Å²) in [5.41, 5.74) is 2.40. The summed E-state index contributed by atoms with van der Waals surface area (Å²) in [7, 11) is 1.61. The number of hydrogen-bond acceptors (Lipinski definition) is 5. The van der Waals surface area contributed by atoms with E-state index >= 15 is 0 Å². The highest BCUT2D eigenvalue weighted by Crippen LogP contribution is 2.29. The average molecular weight is 396 g/mol. The lowest BCUT2D eigenvalue weighted by molar-refractivity contribution is 0.0185. The van der Waals surface area contributed by atoms with E-state index in [-0.39, 0.29) is 12.1 Å². The molecule has 0 atom stereocenters. The van der Waals surface area contributed by atoms with Gasteiger partial charge in [0.1, 0.15) is 11.4 Å². The molecule has 7 nitrogen and oxygen atoms in total. The van der Waals surface area contributed by atoms with Crippen LogP contribution in [0.15, 0.2) is 30.6 Å². The van der Waals surface area contributed by atoms with E-state index in [1.807, 2.05) is 56.0 Å². The Morgan fingerprint density at radius 2 is 2.00 bits per heavy atom. The molecule has 1 aromatic heterocycles. The van der Waals surface area contributed by atoms with Gasteiger partial charge in [0, 0.05) is 30.4 Å². The third-order valence-corrected chi connectivity index (χ3v) is 4.98. The number of carbonyl (C=O) groups excluding carboxylic acids is 1. The fourth-order valence-electron chi connectivity index (χ4n) is 3.51. The van der Waals surface area contributed by atoms with Gasteiger partial charge in [0.15, 0.2) is 0 Å². The quantitative estimate of drug-likeness (QED) is 0.774. The van der Waals surface area contributed by atoms with Crippen molar-refractivity contribution in [2.45, 2.75) is 51.7 Å². The summed E-state index contributed by atoms with van der Waals surface area (Å²) in [5.74, 6) is 0.720. The zero-order chi connectivity index (χ0) is 21.0. The molecule has 154 valence electrons. The predicted molar refractivity (Wildman–Crippen MR) is 110 cm³/mol. The molecule has 1 fully saturated rings. The molecule has 1 aliphatic rings. The molecule has 1 amide bonds. The molecule has 0 aliphatic carbocycles. The zero-order valence-electron chi connectivity index (χ0n) is 17.5. The number of benzene rings is 1. The zero-order valence-corrected chi connectivity index (χ0v) is 17.5. The van der Waals surface area contributed by atoms with Gasteiger partial charge in [0.2, 0.25) is 0 Å². The summed E-state index contributed by atoms with van der Waals surface area (Å²) in [6, 6.07) is 8.27. The van der Waals surface area contributed by atoms with Crippen molar-refractivity contribution in [3.05, 3.63) is 36.2 Å². The number of nitrogens with zero attached hydrogens (tertiary/aromatic N) is 4. The third-order valence-electron chi connectivity index (χ3n) is 4.98. The van der Waals surface area contributed by atoms with E-state index in [4.69, 9.17) is 14.7 Å². The summed E-state index contributed by atoms with van der Waals surface area (Å²) in [6.45, 7) is 6.95. The van der Waals surface area contributed by atoms with Crippen molar-refractivity contribution in [3.63, 3.8) is 0 Å². The maximum absolute atomic E-state index is 12.2. The van der Waals surface area contributed by atoms with Crippen molar-refractivity contribution in [3.8, 4) is 22.9 Å². The van der Waals surface area contributed by atoms with Crippen LogP contribution in [-0.4, -0.2) is 46.6 Å². The van der Waals surface area contributed by atoms with Gasteiger partial charge in [-0.1, -0.05) is 6.07 Å². The maximum atomic E-state index is 12.2. The first-order valence-corrected chi connectivity index (χ1v) is 9.87. The molecule has 0 spiro atoms. The third kappa shape index (κ3) is 5.08. The number of ether oxygens (including phenoxy) is 2. The molecule has 0 unspecified atom stereocenters.